The van der Waals surface area contributed by atoms with Gasteiger partial charge in [-0.05, 0) is 68.6 Å². The van der Waals surface area contributed by atoms with Gasteiger partial charge in [-0.1, -0.05) is 6.07 Å². The summed E-state index contributed by atoms with van der Waals surface area (Å²) < 4.78 is 53.8. The van der Waals surface area contributed by atoms with Gasteiger partial charge in [0.2, 0.25) is 0 Å². The summed E-state index contributed by atoms with van der Waals surface area (Å²) in [4.78, 5) is -0.204. The van der Waals surface area contributed by atoms with E-state index < -0.39 is 21.7 Å². The van der Waals surface area contributed by atoms with Crippen LogP contribution in [0.5, 0.6) is 0 Å². The van der Waals surface area contributed by atoms with Gasteiger partial charge in [0.15, 0.2) is 0 Å². The lowest BCUT2D eigenvalue weighted by Crippen LogP contribution is -2.15. The monoisotopic (exact) mass is 439 g/mol. The zero-order valence-corrected chi connectivity index (χ0v) is 14.6. The number of halogens is 4. The number of sulfonamides is 1. The van der Waals surface area contributed by atoms with Crippen molar-refractivity contribution in [2.24, 2.45) is 0 Å². The highest BCUT2D eigenvalue weighted by atomic mass is 79.9. The molecule has 0 bridgehead atoms. The molecule has 0 amide bonds. The van der Waals surface area contributed by atoms with Gasteiger partial charge in [-0.3, -0.25) is 4.72 Å². The van der Waals surface area contributed by atoms with Gasteiger partial charge >= 0.3 is 0 Å². The number of anilines is 1. The van der Waals surface area contributed by atoms with E-state index in [1.54, 1.807) is 6.92 Å². The van der Waals surface area contributed by atoms with Gasteiger partial charge < -0.3 is 0 Å². The first kappa shape index (κ1) is 16.4. The number of hydrogen-bond donors (Lipinski definition) is 1. The lowest BCUT2D eigenvalue weighted by Gasteiger charge is -2.12. The summed E-state index contributed by atoms with van der Waals surface area (Å²) in [7, 11) is -4.08. The van der Waals surface area contributed by atoms with E-state index in [2.05, 4.69) is 36.6 Å². The highest BCUT2D eigenvalue weighted by Gasteiger charge is 2.23. The Morgan fingerprint density at radius 2 is 1.62 bits per heavy atom. The summed E-state index contributed by atoms with van der Waals surface area (Å²) in [6.45, 7) is 1.71. The van der Waals surface area contributed by atoms with E-state index in [4.69, 9.17) is 0 Å². The van der Waals surface area contributed by atoms with E-state index in [0.29, 0.717) is 5.56 Å². The third kappa shape index (κ3) is 3.61. The Hall–Kier alpha value is -0.990. The van der Waals surface area contributed by atoms with Gasteiger partial charge in [0.1, 0.15) is 16.5 Å². The summed E-state index contributed by atoms with van der Waals surface area (Å²) >= 11 is 5.99. The van der Waals surface area contributed by atoms with Crippen molar-refractivity contribution in [1.82, 2.24) is 0 Å². The molecule has 8 heteroatoms. The minimum Gasteiger partial charge on any atom is -0.277 e. The predicted molar refractivity (Wildman–Crippen MR) is 83.7 cm³/mol. The molecule has 0 aliphatic rings. The van der Waals surface area contributed by atoms with Crippen LogP contribution in [-0.2, 0) is 10.0 Å². The SMILES string of the molecule is Cc1ccc(F)c(NS(=O)(=O)c2c(Br)cc(F)cc2Br)c1. The van der Waals surface area contributed by atoms with Crippen molar-refractivity contribution < 1.29 is 17.2 Å². The Morgan fingerprint density at radius 3 is 2.19 bits per heavy atom. The van der Waals surface area contributed by atoms with Crippen molar-refractivity contribution in [2.45, 2.75) is 11.8 Å². The molecule has 0 atom stereocenters. The second-order valence-corrected chi connectivity index (χ2v) is 7.62. The molecular formula is C13H9Br2F2NO2S. The van der Waals surface area contributed by atoms with Crippen LogP contribution < -0.4 is 4.72 Å². The topological polar surface area (TPSA) is 46.2 Å². The normalized spacial score (nSPS) is 11.5. The molecule has 0 fully saturated rings. The van der Waals surface area contributed by atoms with Gasteiger partial charge in [0.05, 0.1) is 5.69 Å². The van der Waals surface area contributed by atoms with Crippen molar-refractivity contribution in [3.05, 3.63) is 56.5 Å². The average molecular weight is 441 g/mol. The summed E-state index contributed by atoms with van der Waals surface area (Å²) in [5, 5.41) is 0. The lowest BCUT2D eigenvalue weighted by atomic mass is 10.2. The van der Waals surface area contributed by atoms with E-state index in [9.17, 15) is 17.2 Å². The standard InChI is InChI=1S/C13H9Br2F2NO2S/c1-7-2-3-11(17)12(4-7)18-21(19,20)13-9(14)5-8(16)6-10(13)15/h2-6,18H,1H3. The molecule has 0 radical (unpaired) electrons. The van der Waals surface area contributed by atoms with E-state index in [1.807, 2.05) is 0 Å². The Kier molecular flexibility index (Phi) is 4.69. The quantitative estimate of drug-likeness (QED) is 0.758. The van der Waals surface area contributed by atoms with E-state index in [1.165, 1.54) is 18.2 Å². The van der Waals surface area contributed by atoms with Crippen LogP contribution >= 0.6 is 31.9 Å². The zero-order chi connectivity index (χ0) is 15.8. The molecule has 0 heterocycles. The average Bonchev–Trinajstić information content (AvgIpc) is 2.31. The minimum absolute atomic E-state index is 0.0370. The molecule has 0 aliphatic carbocycles. The Bertz CT molecular complexity index is 787. The minimum atomic E-state index is -4.08. The Labute approximate surface area is 137 Å². The van der Waals surface area contributed by atoms with Crippen molar-refractivity contribution in [3.8, 4) is 0 Å². The maximum absolute atomic E-state index is 13.7. The van der Waals surface area contributed by atoms with Gasteiger partial charge in [0, 0.05) is 8.95 Å². The summed E-state index contributed by atoms with van der Waals surface area (Å²) in [6.07, 6.45) is 0. The molecule has 0 saturated heterocycles. The highest BCUT2D eigenvalue weighted by molar-refractivity contribution is 9.11. The van der Waals surface area contributed by atoms with E-state index in [0.717, 1.165) is 12.1 Å². The van der Waals surface area contributed by atoms with Crippen LogP contribution in [0.2, 0.25) is 0 Å². The predicted octanol–water partition coefficient (Wildman–Crippen LogP) is 4.60. The molecule has 2 aromatic rings. The first-order chi connectivity index (χ1) is 9.70. The van der Waals surface area contributed by atoms with Crippen LogP contribution in [0, 0.1) is 18.6 Å². The zero-order valence-electron chi connectivity index (χ0n) is 10.6. The van der Waals surface area contributed by atoms with Crippen molar-refractivity contribution in [3.63, 3.8) is 0 Å². The Morgan fingerprint density at radius 1 is 1.05 bits per heavy atom. The number of nitrogens with one attached hydrogen (secondary N) is 1. The highest BCUT2D eigenvalue weighted by Crippen LogP contribution is 2.32. The third-order valence-electron chi connectivity index (χ3n) is 2.60. The molecule has 0 unspecified atom stereocenters. The molecule has 0 spiro atoms. The molecule has 2 rings (SSSR count). The van der Waals surface area contributed by atoms with Crippen molar-refractivity contribution in [1.29, 1.82) is 0 Å². The smallest absolute Gasteiger partial charge is 0.264 e. The van der Waals surface area contributed by atoms with Crippen molar-refractivity contribution in [2.75, 3.05) is 4.72 Å². The van der Waals surface area contributed by atoms with Crippen LogP contribution in [0.4, 0.5) is 14.5 Å². The number of hydrogen-bond acceptors (Lipinski definition) is 2. The summed E-state index contributed by atoms with van der Waals surface area (Å²) in [5.74, 6) is -1.30. The number of benzene rings is 2. The van der Waals surface area contributed by atoms with Gasteiger partial charge in [0.25, 0.3) is 10.0 Å². The lowest BCUT2D eigenvalue weighted by molar-refractivity contribution is 0.595. The molecule has 0 saturated carbocycles. The van der Waals surface area contributed by atoms with Gasteiger partial charge in [-0.2, -0.15) is 0 Å². The largest absolute Gasteiger partial charge is 0.277 e. The van der Waals surface area contributed by atoms with Crippen LogP contribution in [0.1, 0.15) is 5.56 Å². The van der Waals surface area contributed by atoms with Crippen LogP contribution in [0.15, 0.2) is 44.2 Å². The molecule has 0 aromatic heterocycles. The fourth-order valence-electron chi connectivity index (χ4n) is 1.70. The second kappa shape index (κ2) is 6.02. The van der Waals surface area contributed by atoms with Crippen LogP contribution in [-0.4, -0.2) is 8.42 Å². The molecular weight excluding hydrogens is 432 g/mol. The molecule has 0 aliphatic heterocycles. The van der Waals surface area contributed by atoms with E-state index in [-0.39, 0.29) is 19.5 Å². The van der Waals surface area contributed by atoms with Gasteiger partial charge in [-0.15, -0.1) is 0 Å². The molecule has 21 heavy (non-hydrogen) atoms. The molecule has 2 aromatic carbocycles. The van der Waals surface area contributed by atoms with E-state index >= 15 is 0 Å². The fourth-order valence-corrected chi connectivity index (χ4v) is 5.29. The maximum atomic E-state index is 13.7. The van der Waals surface area contributed by atoms with Crippen LogP contribution in [0.3, 0.4) is 0 Å². The number of rotatable bonds is 3. The molecule has 112 valence electrons. The number of aryl methyl sites for hydroxylation is 1. The second-order valence-electron chi connectivity index (χ2n) is 4.29. The fraction of sp³-hybridized carbons (Fsp3) is 0.0769. The third-order valence-corrected chi connectivity index (χ3v) is 5.84. The first-order valence-corrected chi connectivity index (χ1v) is 8.71. The van der Waals surface area contributed by atoms with Crippen molar-refractivity contribution >= 4 is 47.6 Å². The first-order valence-electron chi connectivity index (χ1n) is 5.64. The molecule has 1 N–H and O–H groups in total. The summed E-state index contributed by atoms with van der Waals surface area (Å²) in [5.41, 5.74) is 0.532. The van der Waals surface area contributed by atoms with Gasteiger partial charge in [-0.25, -0.2) is 17.2 Å². The van der Waals surface area contributed by atoms with Crippen LogP contribution in [0.25, 0.3) is 0 Å². The maximum Gasteiger partial charge on any atom is 0.264 e. The Balaban J connectivity index is 2.51. The summed E-state index contributed by atoms with van der Waals surface area (Å²) in [6, 6.07) is 6.11. The molecule has 3 nitrogen and oxygen atoms in total.